The summed E-state index contributed by atoms with van der Waals surface area (Å²) in [6.45, 7) is 2.56. The molecule has 1 radical (unpaired) electrons. The molecule has 0 aromatic heterocycles. The maximum absolute atomic E-state index is 3.72. The van der Waals surface area contributed by atoms with Crippen LogP contribution in [0.3, 0.4) is 0 Å². The lowest BCUT2D eigenvalue weighted by atomic mass is 9.63. The summed E-state index contributed by atoms with van der Waals surface area (Å²) >= 11 is 0. The van der Waals surface area contributed by atoms with Gasteiger partial charge in [0.2, 0.25) is 0 Å². The van der Waals surface area contributed by atoms with Crippen molar-refractivity contribution >= 4 is 0 Å². The normalized spacial score (nSPS) is 33.4. The number of hydrogen-bond acceptors (Lipinski definition) is 1. The number of rotatable bonds is 3. The molecule has 3 fully saturated rings. The largest absolute Gasteiger partial charge is 0.386 e. The fourth-order valence-corrected chi connectivity index (χ4v) is 7.06. The number of hydrogen-bond donors (Lipinski definition) is 1. The molecule has 1 heteroatoms. The first kappa shape index (κ1) is 19.8. The van der Waals surface area contributed by atoms with Crippen LogP contribution < -0.4 is 5.32 Å². The summed E-state index contributed by atoms with van der Waals surface area (Å²) in [5, 5.41) is 3.72. The van der Waals surface area contributed by atoms with Gasteiger partial charge in [0.25, 0.3) is 0 Å². The highest BCUT2D eigenvalue weighted by Crippen LogP contribution is 2.49. The molecule has 1 heterocycles. The summed E-state index contributed by atoms with van der Waals surface area (Å²) in [5.74, 6) is 4.48. The van der Waals surface area contributed by atoms with E-state index in [1.54, 1.807) is 0 Å². The van der Waals surface area contributed by atoms with Gasteiger partial charge in [-0.15, -0.1) is 0 Å². The van der Waals surface area contributed by atoms with Gasteiger partial charge < -0.3 is 5.32 Å². The molecule has 0 aromatic rings. The van der Waals surface area contributed by atoms with Gasteiger partial charge in [0.15, 0.2) is 0 Å². The van der Waals surface area contributed by atoms with Crippen molar-refractivity contribution in [2.24, 2.45) is 29.6 Å². The Kier molecular flexibility index (Phi) is 7.61. The third-order valence-electron chi connectivity index (χ3n) is 8.52. The molecule has 153 valence electrons. The van der Waals surface area contributed by atoms with Crippen LogP contribution in [0.5, 0.6) is 0 Å². The molecule has 1 N–H and O–H groups in total. The maximum atomic E-state index is 3.72. The second-order valence-corrected chi connectivity index (χ2v) is 10.3. The van der Waals surface area contributed by atoms with Crippen molar-refractivity contribution in [1.82, 2.24) is 5.32 Å². The second kappa shape index (κ2) is 10.4. The first-order valence-corrected chi connectivity index (χ1v) is 12.7. The lowest BCUT2D eigenvalue weighted by Gasteiger charge is -2.44. The van der Waals surface area contributed by atoms with Crippen LogP contribution in [0.4, 0.5) is 0 Å². The maximum Gasteiger partial charge on any atom is 0.0496 e. The summed E-state index contributed by atoms with van der Waals surface area (Å²) in [6, 6.07) is 0. The average molecular weight is 371 g/mol. The molecular formula is C26H44N. The number of nitrogens with one attached hydrogen (secondary N) is 1. The van der Waals surface area contributed by atoms with Crippen molar-refractivity contribution in [2.45, 2.75) is 116 Å². The lowest BCUT2D eigenvalue weighted by Crippen LogP contribution is -2.39. The van der Waals surface area contributed by atoms with E-state index >= 15 is 0 Å². The van der Waals surface area contributed by atoms with Crippen LogP contribution in [0.15, 0.2) is 11.8 Å². The smallest absolute Gasteiger partial charge is 0.0496 e. The van der Waals surface area contributed by atoms with Crippen LogP contribution in [-0.4, -0.2) is 0 Å². The van der Waals surface area contributed by atoms with Gasteiger partial charge in [-0.05, 0) is 67.0 Å². The third kappa shape index (κ3) is 5.13. The molecule has 0 spiro atoms. The topological polar surface area (TPSA) is 12.0 Å². The summed E-state index contributed by atoms with van der Waals surface area (Å²) < 4.78 is 0. The summed E-state index contributed by atoms with van der Waals surface area (Å²) in [7, 11) is 0. The van der Waals surface area contributed by atoms with Crippen LogP contribution >= 0.6 is 0 Å². The van der Waals surface area contributed by atoms with E-state index in [1.165, 1.54) is 116 Å². The molecule has 1 aliphatic heterocycles. The van der Waals surface area contributed by atoms with Gasteiger partial charge in [0.1, 0.15) is 0 Å². The first-order valence-electron chi connectivity index (χ1n) is 12.7. The molecule has 27 heavy (non-hydrogen) atoms. The van der Waals surface area contributed by atoms with Crippen LogP contribution in [0.2, 0.25) is 0 Å². The highest BCUT2D eigenvalue weighted by molar-refractivity contribution is 5.20. The van der Waals surface area contributed by atoms with Gasteiger partial charge in [-0.3, -0.25) is 0 Å². The van der Waals surface area contributed by atoms with Crippen LogP contribution in [0.1, 0.15) is 116 Å². The Morgan fingerprint density at radius 1 is 0.556 bits per heavy atom. The fraction of sp³-hybridized carbons (Fsp3) is 0.885. The van der Waals surface area contributed by atoms with Crippen molar-refractivity contribution in [3.63, 3.8) is 0 Å². The highest BCUT2D eigenvalue weighted by Gasteiger charge is 2.40. The minimum absolute atomic E-state index is 0.814. The van der Waals surface area contributed by atoms with Gasteiger partial charge in [-0.25, -0.2) is 0 Å². The predicted octanol–water partition coefficient (Wildman–Crippen LogP) is 7.78. The summed E-state index contributed by atoms with van der Waals surface area (Å²) in [4.78, 5) is 0. The fourth-order valence-electron chi connectivity index (χ4n) is 7.06. The average Bonchev–Trinajstić information content (AvgIpc) is 3.23. The summed E-state index contributed by atoms with van der Waals surface area (Å²) in [6.07, 6.45) is 29.2. The molecule has 0 bridgehead atoms. The summed E-state index contributed by atoms with van der Waals surface area (Å²) in [5.41, 5.74) is 1.88. The second-order valence-electron chi connectivity index (χ2n) is 10.3. The molecule has 3 saturated carbocycles. The monoisotopic (exact) mass is 370 g/mol. The van der Waals surface area contributed by atoms with E-state index in [1.807, 2.05) is 5.57 Å². The molecule has 0 amide bonds. The van der Waals surface area contributed by atoms with Crippen LogP contribution in [0.25, 0.3) is 0 Å². The van der Waals surface area contributed by atoms with Crippen molar-refractivity contribution in [3.05, 3.63) is 18.3 Å². The van der Waals surface area contributed by atoms with Crippen molar-refractivity contribution < 1.29 is 0 Å². The zero-order valence-electron chi connectivity index (χ0n) is 17.8. The van der Waals surface area contributed by atoms with E-state index in [9.17, 15) is 0 Å². The molecule has 4 aliphatic rings. The Balaban J connectivity index is 1.58. The SMILES string of the molecule is [CH]1NC=C(C2CCCCCC2)C(C2CCCCCC2)C1C1CCCCCC1. The van der Waals surface area contributed by atoms with E-state index < -0.39 is 0 Å². The zero-order valence-corrected chi connectivity index (χ0v) is 17.8. The van der Waals surface area contributed by atoms with Crippen LogP contribution in [0, 0.1) is 36.1 Å². The Hall–Kier alpha value is -0.460. The van der Waals surface area contributed by atoms with Crippen molar-refractivity contribution in [3.8, 4) is 0 Å². The zero-order chi connectivity index (χ0) is 18.3. The third-order valence-corrected chi connectivity index (χ3v) is 8.52. The molecule has 4 rings (SSSR count). The minimum Gasteiger partial charge on any atom is -0.386 e. The van der Waals surface area contributed by atoms with Gasteiger partial charge in [-0.1, -0.05) is 89.9 Å². The van der Waals surface area contributed by atoms with Gasteiger partial charge in [0, 0.05) is 6.54 Å². The Bertz CT molecular complexity index is 443. The molecule has 1 nitrogen and oxygen atoms in total. The van der Waals surface area contributed by atoms with Gasteiger partial charge >= 0.3 is 0 Å². The first-order chi connectivity index (χ1) is 13.4. The minimum atomic E-state index is 0.814. The van der Waals surface area contributed by atoms with Gasteiger partial charge in [0.05, 0.1) is 0 Å². The Morgan fingerprint density at radius 3 is 1.59 bits per heavy atom. The molecule has 2 unspecified atom stereocenters. The molecule has 0 aromatic carbocycles. The van der Waals surface area contributed by atoms with E-state index in [4.69, 9.17) is 0 Å². The van der Waals surface area contributed by atoms with E-state index in [0.29, 0.717) is 0 Å². The Labute approximate surface area is 169 Å². The van der Waals surface area contributed by atoms with Crippen molar-refractivity contribution in [2.75, 3.05) is 0 Å². The lowest BCUT2D eigenvalue weighted by molar-refractivity contribution is 0.161. The van der Waals surface area contributed by atoms with Gasteiger partial charge in [-0.2, -0.15) is 0 Å². The van der Waals surface area contributed by atoms with E-state index in [-0.39, 0.29) is 0 Å². The number of allylic oxidation sites excluding steroid dienone is 1. The molecule has 0 saturated heterocycles. The van der Waals surface area contributed by atoms with E-state index in [0.717, 1.165) is 29.6 Å². The quantitative estimate of drug-likeness (QED) is 0.500. The standard InChI is InChI=1S/C26H44N/c1-2-8-14-21(13-7-1)24-19-27-20-25(22-15-9-3-4-10-16-22)26(24)23-17-11-5-6-12-18-23/h19-24,26-27H,1-18H2. The van der Waals surface area contributed by atoms with Crippen molar-refractivity contribution in [1.29, 1.82) is 0 Å². The molecule has 2 atom stereocenters. The molecule has 3 aliphatic carbocycles. The molecular weight excluding hydrogens is 326 g/mol. The van der Waals surface area contributed by atoms with E-state index in [2.05, 4.69) is 18.1 Å². The van der Waals surface area contributed by atoms with Crippen LogP contribution in [-0.2, 0) is 0 Å². The Morgan fingerprint density at radius 2 is 1.04 bits per heavy atom. The highest BCUT2D eigenvalue weighted by atomic mass is 14.9. The predicted molar refractivity (Wildman–Crippen MR) is 116 cm³/mol.